The van der Waals surface area contributed by atoms with E-state index in [9.17, 15) is 14.4 Å². The highest BCUT2D eigenvalue weighted by molar-refractivity contribution is 5.89. The van der Waals surface area contributed by atoms with Gasteiger partial charge < -0.3 is 5.11 Å². The average Bonchev–Trinajstić information content (AvgIpc) is 2.76. The van der Waals surface area contributed by atoms with Crippen molar-refractivity contribution in [1.82, 2.24) is 0 Å². The van der Waals surface area contributed by atoms with Crippen molar-refractivity contribution in [2.24, 2.45) is 11.8 Å². The Balaban J connectivity index is 2.36. The van der Waals surface area contributed by atoms with Crippen molar-refractivity contribution in [2.45, 2.75) is 58.3 Å². The van der Waals surface area contributed by atoms with E-state index in [-0.39, 0.29) is 24.0 Å². The summed E-state index contributed by atoms with van der Waals surface area (Å²) in [6, 6.07) is 0. The van der Waals surface area contributed by atoms with Crippen molar-refractivity contribution in [3.05, 3.63) is 12.2 Å². The van der Waals surface area contributed by atoms with Crippen LogP contribution in [0.4, 0.5) is 0 Å². The number of carboxylic acid groups (broad SMARTS) is 1. The molecule has 0 aliphatic heterocycles. The number of unbranched alkanes of at least 4 members (excludes halogenated alkanes) is 2. The van der Waals surface area contributed by atoms with Crippen LogP contribution in [0.5, 0.6) is 0 Å². The van der Waals surface area contributed by atoms with E-state index in [1.54, 1.807) is 6.08 Å². The van der Waals surface area contributed by atoms with Crippen LogP contribution in [0.2, 0.25) is 0 Å². The van der Waals surface area contributed by atoms with Gasteiger partial charge in [-0.15, -0.1) is 0 Å². The molecule has 1 aliphatic carbocycles. The summed E-state index contributed by atoms with van der Waals surface area (Å²) in [5.41, 5.74) is 0. The Morgan fingerprint density at radius 1 is 1.30 bits per heavy atom. The van der Waals surface area contributed by atoms with Gasteiger partial charge >= 0.3 is 5.97 Å². The standard InChI is InChI=1S/C16H24O4/c1-2-13(17)10-8-12-9-11-15(18)14(12)6-4-3-5-7-16(19)20/h8,10,12,14H,2-7,9,11H2,1H3,(H,19,20)/b10-8+. The first kappa shape index (κ1) is 16.6. The number of ketones is 2. The fourth-order valence-corrected chi connectivity index (χ4v) is 2.71. The van der Waals surface area contributed by atoms with Crippen molar-refractivity contribution < 1.29 is 19.5 Å². The highest BCUT2D eigenvalue weighted by Crippen LogP contribution is 2.33. The number of carboxylic acids is 1. The molecule has 0 aromatic carbocycles. The first-order chi connectivity index (χ1) is 9.54. The van der Waals surface area contributed by atoms with Crippen LogP contribution in [0.15, 0.2) is 12.2 Å². The molecule has 1 N–H and O–H groups in total. The molecular weight excluding hydrogens is 256 g/mol. The number of hydrogen-bond donors (Lipinski definition) is 1. The lowest BCUT2D eigenvalue weighted by Crippen LogP contribution is -2.13. The van der Waals surface area contributed by atoms with Gasteiger partial charge in [-0.3, -0.25) is 14.4 Å². The summed E-state index contributed by atoms with van der Waals surface area (Å²) in [5, 5.41) is 8.56. The molecule has 1 rings (SSSR count). The zero-order valence-corrected chi connectivity index (χ0v) is 12.1. The summed E-state index contributed by atoms with van der Waals surface area (Å²) in [7, 11) is 0. The van der Waals surface area contributed by atoms with Crippen molar-refractivity contribution in [2.75, 3.05) is 0 Å². The fourth-order valence-electron chi connectivity index (χ4n) is 2.71. The molecule has 4 heteroatoms. The van der Waals surface area contributed by atoms with E-state index in [0.717, 1.165) is 25.7 Å². The number of Topliss-reactive ketones (excluding diaryl/α,β-unsaturated/α-hetero) is 1. The molecule has 2 unspecified atom stereocenters. The second-order valence-corrected chi connectivity index (χ2v) is 5.45. The van der Waals surface area contributed by atoms with Gasteiger partial charge in [-0.25, -0.2) is 0 Å². The minimum Gasteiger partial charge on any atom is -0.481 e. The number of allylic oxidation sites excluding steroid dienone is 2. The van der Waals surface area contributed by atoms with Gasteiger partial charge in [-0.2, -0.15) is 0 Å². The van der Waals surface area contributed by atoms with Crippen molar-refractivity contribution in [1.29, 1.82) is 0 Å². The lowest BCUT2D eigenvalue weighted by molar-refractivity contribution is -0.137. The number of hydrogen-bond acceptors (Lipinski definition) is 3. The van der Waals surface area contributed by atoms with Gasteiger partial charge in [0.2, 0.25) is 0 Å². The zero-order chi connectivity index (χ0) is 15.0. The number of rotatable bonds is 9. The Bertz CT molecular complexity index is 384. The van der Waals surface area contributed by atoms with E-state index in [1.165, 1.54) is 0 Å². The summed E-state index contributed by atoms with van der Waals surface area (Å²) in [6.45, 7) is 1.83. The maximum Gasteiger partial charge on any atom is 0.303 e. The van der Waals surface area contributed by atoms with Gasteiger partial charge in [-0.05, 0) is 31.3 Å². The average molecular weight is 280 g/mol. The molecule has 1 aliphatic rings. The molecule has 0 amide bonds. The number of aliphatic carboxylic acids is 1. The summed E-state index contributed by atoms with van der Waals surface area (Å²) in [6.07, 6.45) is 8.87. The summed E-state index contributed by atoms with van der Waals surface area (Å²) in [5.74, 6) is -0.148. The summed E-state index contributed by atoms with van der Waals surface area (Å²) < 4.78 is 0. The second-order valence-electron chi connectivity index (χ2n) is 5.45. The topological polar surface area (TPSA) is 71.4 Å². The number of carbonyl (C=O) groups is 3. The van der Waals surface area contributed by atoms with Crippen LogP contribution in [0.1, 0.15) is 58.3 Å². The predicted molar refractivity (Wildman–Crippen MR) is 76.4 cm³/mol. The molecular formula is C16H24O4. The minimum atomic E-state index is -0.763. The molecule has 0 heterocycles. The Labute approximate surface area is 120 Å². The molecule has 4 nitrogen and oxygen atoms in total. The van der Waals surface area contributed by atoms with Gasteiger partial charge in [0.1, 0.15) is 5.78 Å². The minimum absolute atomic E-state index is 0.0285. The molecule has 1 fully saturated rings. The third-order valence-corrected chi connectivity index (χ3v) is 3.94. The van der Waals surface area contributed by atoms with Crippen molar-refractivity contribution >= 4 is 17.5 Å². The van der Waals surface area contributed by atoms with Crippen LogP contribution in [0, 0.1) is 11.8 Å². The molecule has 0 aromatic rings. The fraction of sp³-hybridized carbons (Fsp3) is 0.688. The van der Waals surface area contributed by atoms with Gasteiger partial charge in [0.05, 0.1) is 0 Å². The third kappa shape index (κ3) is 5.68. The van der Waals surface area contributed by atoms with Crippen LogP contribution in [0.25, 0.3) is 0 Å². The number of carbonyl (C=O) groups excluding carboxylic acids is 2. The van der Waals surface area contributed by atoms with Gasteiger partial charge in [0.15, 0.2) is 5.78 Å². The molecule has 1 saturated carbocycles. The lowest BCUT2D eigenvalue weighted by Gasteiger charge is -2.14. The molecule has 2 atom stereocenters. The van der Waals surface area contributed by atoms with E-state index >= 15 is 0 Å². The quantitative estimate of drug-likeness (QED) is 0.520. The SMILES string of the molecule is CCC(=O)/C=C/C1CCC(=O)C1CCCCCC(=O)O. The maximum absolute atomic E-state index is 11.9. The largest absolute Gasteiger partial charge is 0.481 e. The van der Waals surface area contributed by atoms with Gasteiger partial charge in [0.25, 0.3) is 0 Å². The summed E-state index contributed by atoms with van der Waals surface area (Å²) in [4.78, 5) is 33.6. The Kier molecular flexibility index (Phi) is 7.20. The molecule has 20 heavy (non-hydrogen) atoms. The van der Waals surface area contributed by atoms with Crippen molar-refractivity contribution in [3.63, 3.8) is 0 Å². The third-order valence-electron chi connectivity index (χ3n) is 3.94. The molecule has 0 spiro atoms. The zero-order valence-electron chi connectivity index (χ0n) is 12.1. The summed E-state index contributed by atoms with van der Waals surface area (Å²) >= 11 is 0. The Morgan fingerprint density at radius 3 is 2.70 bits per heavy atom. The smallest absolute Gasteiger partial charge is 0.303 e. The Morgan fingerprint density at radius 2 is 2.05 bits per heavy atom. The van der Waals surface area contributed by atoms with Gasteiger partial charge in [0, 0.05) is 25.2 Å². The molecule has 0 saturated heterocycles. The van der Waals surface area contributed by atoms with Crippen LogP contribution in [0.3, 0.4) is 0 Å². The van der Waals surface area contributed by atoms with Crippen LogP contribution in [-0.2, 0) is 14.4 Å². The van der Waals surface area contributed by atoms with Crippen molar-refractivity contribution in [3.8, 4) is 0 Å². The van der Waals surface area contributed by atoms with Crippen LogP contribution < -0.4 is 0 Å². The lowest BCUT2D eigenvalue weighted by atomic mass is 9.89. The van der Waals surface area contributed by atoms with E-state index in [2.05, 4.69) is 0 Å². The van der Waals surface area contributed by atoms with E-state index in [0.29, 0.717) is 25.0 Å². The first-order valence-corrected chi connectivity index (χ1v) is 7.50. The monoisotopic (exact) mass is 280 g/mol. The van der Waals surface area contributed by atoms with Gasteiger partial charge in [-0.1, -0.05) is 25.8 Å². The van der Waals surface area contributed by atoms with E-state index < -0.39 is 5.97 Å². The Hall–Kier alpha value is -1.45. The highest BCUT2D eigenvalue weighted by atomic mass is 16.4. The molecule has 0 radical (unpaired) electrons. The first-order valence-electron chi connectivity index (χ1n) is 7.50. The molecule has 0 bridgehead atoms. The maximum atomic E-state index is 11.9. The van der Waals surface area contributed by atoms with Crippen LogP contribution >= 0.6 is 0 Å². The molecule has 0 aromatic heterocycles. The van der Waals surface area contributed by atoms with E-state index in [4.69, 9.17) is 5.11 Å². The van der Waals surface area contributed by atoms with E-state index in [1.807, 2.05) is 13.0 Å². The molecule has 112 valence electrons. The second kappa shape index (κ2) is 8.67. The van der Waals surface area contributed by atoms with Crippen LogP contribution in [-0.4, -0.2) is 22.6 Å². The normalized spacial score (nSPS) is 22.6. The predicted octanol–water partition coefficient (Wildman–Crippen LogP) is 3.15. The highest BCUT2D eigenvalue weighted by Gasteiger charge is 2.32.